The molecule has 6 heteroatoms. The molecule has 0 saturated heterocycles. The Morgan fingerprint density at radius 2 is 2.29 bits per heavy atom. The summed E-state index contributed by atoms with van der Waals surface area (Å²) in [6, 6.07) is 5.93. The molecule has 3 N–H and O–H groups in total. The number of hydrogen-bond acceptors (Lipinski definition) is 4. The van der Waals surface area contributed by atoms with Crippen molar-refractivity contribution in [3.63, 3.8) is 0 Å². The minimum absolute atomic E-state index is 0.664. The number of anilines is 1. The maximum atomic E-state index is 6.07. The van der Waals surface area contributed by atoms with Crippen LogP contribution in [0.15, 0.2) is 29.8 Å². The van der Waals surface area contributed by atoms with Crippen LogP contribution in [0.5, 0.6) is 0 Å². The van der Waals surface area contributed by atoms with Crippen LogP contribution in [-0.4, -0.2) is 20.0 Å². The third kappa shape index (κ3) is 1.53. The maximum Gasteiger partial charge on any atom is 0.130 e. The predicted molar refractivity (Wildman–Crippen MR) is 68.5 cm³/mol. The number of nitrogen functional groups attached to an aromatic ring is 1. The van der Waals surface area contributed by atoms with Crippen molar-refractivity contribution in [3.05, 3.63) is 29.8 Å². The Morgan fingerprint density at radius 1 is 1.41 bits per heavy atom. The molecule has 0 aliphatic rings. The molecule has 3 heterocycles. The summed E-state index contributed by atoms with van der Waals surface area (Å²) in [5.41, 5.74) is 8.75. The van der Waals surface area contributed by atoms with Gasteiger partial charge in [0.05, 0.1) is 11.3 Å². The molecule has 0 amide bonds. The van der Waals surface area contributed by atoms with Crippen LogP contribution < -0.4 is 5.73 Å². The lowest BCUT2D eigenvalue weighted by molar-refractivity contribution is 0.781. The Bertz CT molecular complexity index is 621. The molecule has 0 aromatic carbocycles. The number of aromatic amines is 1. The van der Waals surface area contributed by atoms with E-state index in [9.17, 15) is 0 Å². The highest BCUT2D eigenvalue weighted by Crippen LogP contribution is 2.37. The van der Waals surface area contributed by atoms with Crippen LogP contribution in [0.3, 0.4) is 0 Å². The first kappa shape index (κ1) is 10.1. The highest BCUT2D eigenvalue weighted by molar-refractivity contribution is 7.13. The van der Waals surface area contributed by atoms with Crippen LogP contribution in [-0.2, 0) is 7.05 Å². The summed E-state index contributed by atoms with van der Waals surface area (Å²) in [5, 5.41) is 13.3. The summed E-state index contributed by atoms with van der Waals surface area (Å²) in [7, 11) is 1.84. The molecule has 0 aliphatic carbocycles. The number of aryl methyl sites for hydroxylation is 1. The van der Waals surface area contributed by atoms with Gasteiger partial charge >= 0.3 is 0 Å². The zero-order valence-electron chi connectivity index (χ0n) is 9.21. The molecule has 3 aromatic rings. The molecular formula is C11H11N5S. The van der Waals surface area contributed by atoms with Gasteiger partial charge in [0.2, 0.25) is 0 Å². The van der Waals surface area contributed by atoms with Gasteiger partial charge in [-0.2, -0.15) is 10.2 Å². The van der Waals surface area contributed by atoms with Crippen LogP contribution in [0, 0.1) is 0 Å². The largest absolute Gasteiger partial charge is 0.383 e. The lowest BCUT2D eigenvalue weighted by atomic mass is 10.1. The maximum absolute atomic E-state index is 6.07. The van der Waals surface area contributed by atoms with Crippen molar-refractivity contribution in [1.82, 2.24) is 20.0 Å². The Hall–Kier alpha value is -2.08. The van der Waals surface area contributed by atoms with Gasteiger partial charge in [0.25, 0.3) is 0 Å². The minimum Gasteiger partial charge on any atom is -0.383 e. The smallest absolute Gasteiger partial charge is 0.130 e. The van der Waals surface area contributed by atoms with E-state index in [4.69, 9.17) is 5.73 Å². The van der Waals surface area contributed by atoms with E-state index < -0.39 is 0 Å². The number of thiophene rings is 1. The van der Waals surface area contributed by atoms with Crippen LogP contribution >= 0.6 is 11.3 Å². The zero-order valence-corrected chi connectivity index (χ0v) is 10.0. The number of aromatic nitrogens is 4. The molecule has 3 aromatic heterocycles. The molecule has 17 heavy (non-hydrogen) atoms. The van der Waals surface area contributed by atoms with Crippen molar-refractivity contribution >= 4 is 17.2 Å². The molecule has 86 valence electrons. The molecule has 0 saturated carbocycles. The van der Waals surface area contributed by atoms with Gasteiger partial charge in [0.1, 0.15) is 11.5 Å². The first-order valence-corrected chi connectivity index (χ1v) is 6.01. The van der Waals surface area contributed by atoms with E-state index in [1.807, 2.05) is 30.6 Å². The number of nitrogens with zero attached hydrogens (tertiary/aromatic N) is 3. The molecule has 0 aliphatic heterocycles. The Labute approximate surface area is 102 Å². The van der Waals surface area contributed by atoms with Crippen molar-refractivity contribution in [1.29, 1.82) is 0 Å². The number of hydrogen-bond donors (Lipinski definition) is 2. The number of rotatable bonds is 2. The number of H-pyrrole nitrogens is 1. The molecule has 0 spiro atoms. The van der Waals surface area contributed by atoms with E-state index in [0.717, 1.165) is 21.8 Å². The Kier molecular flexibility index (Phi) is 2.22. The van der Waals surface area contributed by atoms with E-state index in [-0.39, 0.29) is 0 Å². The first-order chi connectivity index (χ1) is 8.27. The summed E-state index contributed by atoms with van der Waals surface area (Å²) in [6.45, 7) is 0. The summed E-state index contributed by atoms with van der Waals surface area (Å²) in [4.78, 5) is 1.11. The van der Waals surface area contributed by atoms with E-state index in [1.54, 1.807) is 22.2 Å². The van der Waals surface area contributed by atoms with Gasteiger partial charge in [-0.15, -0.1) is 11.3 Å². The lowest BCUT2D eigenvalue weighted by Gasteiger charge is -1.98. The van der Waals surface area contributed by atoms with Gasteiger partial charge < -0.3 is 5.73 Å². The third-order valence-corrected chi connectivity index (χ3v) is 3.50. The molecule has 3 rings (SSSR count). The molecule has 5 nitrogen and oxygen atoms in total. The van der Waals surface area contributed by atoms with Crippen molar-refractivity contribution < 1.29 is 0 Å². The fourth-order valence-electron chi connectivity index (χ4n) is 1.78. The van der Waals surface area contributed by atoms with Crippen LogP contribution in [0.2, 0.25) is 0 Å². The Morgan fingerprint density at radius 3 is 2.94 bits per heavy atom. The monoisotopic (exact) mass is 245 g/mol. The first-order valence-electron chi connectivity index (χ1n) is 5.13. The average Bonchev–Trinajstić information content (AvgIpc) is 3.01. The molecular weight excluding hydrogens is 234 g/mol. The van der Waals surface area contributed by atoms with Crippen molar-refractivity contribution in [2.75, 3.05) is 5.73 Å². The van der Waals surface area contributed by atoms with E-state index >= 15 is 0 Å². The second kappa shape index (κ2) is 3.74. The van der Waals surface area contributed by atoms with Crippen molar-refractivity contribution in [2.24, 2.45) is 7.05 Å². The van der Waals surface area contributed by atoms with Crippen molar-refractivity contribution in [2.45, 2.75) is 0 Å². The molecule has 0 radical (unpaired) electrons. The van der Waals surface area contributed by atoms with E-state index in [1.165, 1.54) is 0 Å². The number of nitrogens with two attached hydrogens (primary N) is 1. The van der Waals surface area contributed by atoms with Crippen LogP contribution in [0.25, 0.3) is 21.8 Å². The molecule has 0 fully saturated rings. The van der Waals surface area contributed by atoms with Crippen LogP contribution in [0.4, 0.5) is 5.82 Å². The van der Waals surface area contributed by atoms with Gasteiger partial charge in [-0.05, 0) is 17.5 Å². The molecule has 0 unspecified atom stereocenters. The molecule has 0 bridgehead atoms. The SMILES string of the molecule is Cn1nc(-c2ccn[nH]2)c(-c2cccs2)c1N. The van der Waals surface area contributed by atoms with E-state index in [2.05, 4.69) is 15.3 Å². The van der Waals surface area contributed by atoms with E-state index in [0.29, 0.717) is 5.82 Å². The third-order valence-electron chi connectivity index (χ3n) is 2.62. The summed E-state index contributed by atoms with van der Waals surface area (Å²) >= 11 is 1.65. The summed E-state index contributed by atoms with van der Waals surface area (Å²) in [6.07, 6.45) is 1.71. The number of nitrogens with one attached hydrogen (secondary N) is 1. The van der Waals surface area contributed by atoms with Gasteiger partial charge in [0.15, 0.2) is 0 Å². The second-order valence-electron chi connectivity index (χ2n) is 3.68. The quantitative estimate of drug-likeness (QED) is 0.726. The summed E-state index contributed by atoms with van der Waals surface area (Å²) < 4.78 is 1.69. The highest BCUT2D eigenvalue weighted by Gasteiger charge is 2.18. The fourth-order valence-corrected chi connectivity index (χ4v) is 2.56. The van der Waals surface area contributed by atoms with Gasteiger partial charge in [-0.25, -0.2) is 0 Å². The topological polar surface area (TPSA) is 72.5 Å². The zero-order chi connectivity index (χ0) is 11.8. The van der Waals surface area contributed by atoms with Crippen LogP contribution in [0.1, 0.15) is 0 Å². The van der Waals surface area contributed by atoms with Crippen molar-refractivity contribution in [3.8, 4) is 21.8 Å². The molecule has 0 atom stereocenters. The average molecular weight is 245 g/mol. The standard InChI is InChI=1S/C11H11N5S/c1-16-11(12)9(8-3-2-6-17-8)10(15-16)7-4-5-13-14-7/h2-6H,12H2,1H3,(H,13,14). The van der Waals surface area contributed by atoms with Gasteiger partial charge in [-0.1, -0.05) is 6.07 Å². The second-order valence-corrected chi connectivity index (χ2v) is 4.63. The minimum atomic E-state index is 0.664. The summed E-state index contributed by atoms with van der Waals surface area (Å²) in [5.74, 6) is 0.664. The van der Waals surface area contributed by atoms with Gasteiger partial charge in [0, 0.05) is 18.1 Å². The van der Waals surface area contributed by atoms with Gasteiger partial charge in [-0.3, -0.25) is 9.78 Å². The predicted octanol–water partition coefficient (Wildman–Crippen LogP) is 2.12. The fraction of sp³-hybridized carbons (Fsp3) is 0.0909. The normalized spacial score (nSPS) is 10.9. The lowest BCUT2D eigenvalue weighted by Crippen LogP contribution is -1.97. The Balaban J connectivity index is 2.26. The highest BCUT2D eigenvalue weighted by atomic mass is 32.1.